The highest BCUT2D eigenvalue weighted by Gasteiger charge is 2.28. The van der Waals surface area contributed by atoms with Crippen molar-refractivity contribution in [3.05, 3.63) is 34.8 Å². The monoisotopic (exact) mass is 372 g/mol. The quantitative estimate of drug-likeness (QED) is 0.898. The first-order valence-electron chi connectivity index (χ1n) is 9.97. The number of aromatic amines is 1. The Morgan fingerprint density at radius 1 is 1.07 bits per heavy atom. The molecule has 1 saturated heterocycles. The van der Waals surface area contributed by atoms with Gasteiger partial charge in [-0.15, -0.1) is 0 Å². The van der Waals surface area contributed by atoms with Crippen LogP contribution in [0, 0.1) is 5.82 Å². The number of piperazine rings is 1. The Labute approximate surface area is 160 Å². The molecule has 1 fully saturated rings. The number of hydrogen-bond acceptors (Lipinski definition) is 5. The van der Waals surface area contributed by atoms with Crippen molar-refractivity contribution in [3.8, 4) is 0 Å². The van der Waals surface area contributed by atoms with Crippen molar-refractivity contribution in [1.29, 1.82) is 0 Å². The smallest absolute Gasteiger partial charge is 0.187 e. The van der Waals surface area contributed by atoms with Gasteiger partial charge in [-0.25, -0.2) is 14.4 Å². The molecule has 0 saturated carbocycles. The van der Waals surface area contributed by atoms with Crippen molar-refractivity contribution in [2.75, 3.05) is 31.1 Å². The van der Waals surface area contributed by atoms with E-state index in [1.165, 1.54) is 36.1 Å². The number of anilines is 1. The standard InChI is InChI=1S/C20H29FN6/c1-20(2,3)18-17(21)19(23-13-22-18)27-10-8-26(9-11-27)12-16-14-6-4-5-7-15(14)24-25-16/h13H,4-12H2,1-3H3,(H,24,25). The van der Waals surface area contributed by atoms with E-state index in [1.807, 2.05) is 25.7 Å². The maximum atomic E-state index is 14.9. The molecule has 6 nitrogen and oxygen atoms in total. The van der Waals surface area contributed by atoms with E-state index in [9.17, 15) is 4.39 Å². The van der Waals surface area contributed by atoms with Crippen LogP contribution in [0.4, 0.5) is 10.2 Å². The summed E-state index contributed by atoms with van der Waals surface area (Å²) in [5.41, 5.74) is 4.11. The van der Waals surface area contributed by atoms with Gasteiger partial charge in [-0.05, 0) is 31.2 Å². The Morgan fingerprint density at radius 3 is 2.56 bits per heavy atom. The summed E-state index contributed by atoms with van der Waals surface area (Å²) in [6.45, 7) is 10.1. The van der Waals surface area contributed by atoms with Gasteiger partial charge in [0, 0.05) is 43.8 Å². The van der Waals surface area contributed by atoms with Crippen LogP contribution < -0.4 is 4.90 Å². The summed E-state index contributed by atoms with van der Waals surface area (Å²) in [4.78, 5) is 12.9. The second-order valence-electron chi connectivity index (χ2n) is 8.71. The molecule has 1 aliphatic carbocycles. The number of nitrogens with one attached hydrogen (secondary N) is 1. The lowest BCUT2D eigenvalue weighted by molar-refractivity contribution is 0.245. The van der Waals surface area contributed by atoms with Crippen LogP contribution in [0.2, 0.25) is 0 Å². The topological polar surface area (TPSA) is 60.9 Å². The Hall–Kier alpha value is -2.02. The van der Waals surface area contributed by atoms with E-state index in [0.717, 1.165) is 45.6 Å². The maximum absolute atomic E-state index is 14.9. The van der Waals surface area contributed by atoms with Crippen LogP contribution in [-0.2, 0) is 24.8 Å². The third-order valence-electron chi connectivity index (χ3n) is 5.67. The first-order valence-corrected chi connectivity index (χ1v) is 9.97. The van der Waals surface area contributed by atoms with Gasteiger partial charge in [0.15, 0.2) is 11.6 Å². The summed E-state index contributed by atoms with van der Waals surface area (Å²) in [7, 11) is 0. The first-order chi connectivity index (χ1) is 12.9. The number of aromatic nitrogens is 4. The van der Waals surface area contributed by atoms with Crippen LogP contribution >= 0.6 is 0 Å². The molecular formula is C20H29FN6. The third-order valence-corrected chi connectivity index (χ3v) is 5.67. The molecule has 0 unspecified atom stereocenters. The first kappa shape index (κ1) is 18.3. The minimum absolute atomic E-state index is 0.278. The van der Waals surface area contributed by atoms with E-state index >= 15 is 0 Å². The summed E-state index contributed by atoms with van der Waals surface area (Å²) in [5, 5.41) is 7.79. The predicted octanol–water partition coefficient (Wildman–Crippen LogP) is 2.84. The van der Waals surface area contributed by atoms with Crippen LogP contribution in [0.1, 0.15) is 56.3 Å². The summed E-state index contributed by atoms with van der Waals surface area (Å²) in [6, 6.07) is 0. The minimum atomic E-state index is -0.331. The van der Waals surface area contributed by atoms with Crippen LogP contribution in [0.5, 0.6) is 0 Å². The average molecular weight is 372 g/mol. The maximum Gasteiger partial charge on any atom is 0.187 e. The van der Waals surface area contributed by atoms with E-state index in [-0.39, 0.29) is 11.2 Å². The molecule has 0 radical (unpaired) electrons. The van der Waals surface area contributed by atoms with E-state index < -0.39 is 0 Å². The number of aryl methyl sites for hydroxylation is 1. The van der Waals surface area contributed by atoms with Crippen molar-refractivity contribution >= 4 is 5.82 Å². The molecule has 146 valence electrons. The highest BCUT2D eigenvalue weighted by atomic mass is 19.1. The fourth-order valence-electron chi connectivity index (χ4n) is 4.11. The number of rotatable bonds is 3. The van der Waals surface area contributed by atoms with Gasteiger partial charge in [-0.2, -0.15) is 5.10 Å². The highest BCUT2D eigenvalue weighted by molar-refractivity contribution is 5.43. The minimum Gasteiger partial charge on any atom is -0.352 e. The van der Waals surface area contributed by atoms with Gasteiger partial charge >= 0.3 is 0 Å². The predicted molar refractivity (Wildman–Crippen MR) is 103 cm³/mol. The number of fused-ring (bicyclic) bond motifs is 1. The van der Waals surface area contributed by atoms with Gasteiger partial charge in [0.1, 0.15) is 6.33 Å². The number of nitrogens with zero attached hydrogens (tertiary/aromatic N) is 5. The van der Waals surface area contributed by atoms with E-state index in [4.69, 9.17) is 0 Å². The fraction of sp³-hybridized carbons (Fsp3) is 0.650. The molecule has 0 aromatic carbocycles. The van der Waals surface area contributed by atoms with Crippen molar-refractivity contribution in [1.82, 2.24) is 25.1 Å². The molecule has 2 aliphatic rings. The van der Waals surface area contributed by atoms with Crippen molar-refractivity contribution < 1.29 is 4.39 Å². The SMILES string of the molecule is CC(C)(C)c1ncnc(N2CCN(Cc3n[nH]c4c3CCCC4)CC2)c1F. The highest BCUT2D eigenvalue weighted by Crippen LogP contribution is 2.28. The summed E-state index contributed by atoms with van der Waals surface area (Å²) in [6.07, 6.45) is 6.27. The average Bonchev–Trinajstić information content (AvgIpc) is 3.05. The number of hydrogen-bond donors (Lipinski definition) is 1. The summed E-state index contributed by atoms with van der Waals surface area (Å²) >= 11 is 0. The second kappa shape index (κ2) is 7.19. The largest absolute Gasteiger partial charge is 0.352 e. The zero-order valence-corrected chi connectivity index (χ0v) is 16.6. The molecular weight excluding hydrogens is 343 g/mol. The zero-order valence-electron chi connectivity index (χ0n) is 16.6. The Kier molecular flexibility index (Phi) is 4.88. The number of H-pyrrole nitrogens is 1. The Bertz CT molecular complexity index is 801. The molecule has 7 heteroatoms. The van der Waals surface area contributed by atoms with Crippen molar-refractivity contribution in [3.63, 3.8) is 0 Å². The fourth-order valence-corrected chi connectivity index (χ4v) is 4.11. The molecule has 3 heterocycles. The van der Waals surface area contributed by atoms with E-state index in [1.54, 1.807) is 0 Å². The van der Waals surface area contributed by atoms with Crippen LogP contribution in [0.25, 0.3) is 0 Å². The molecule has 4 rings (SSSR count). The molecule has 1 aliphatic heterocycles. The third kappa shape index (κ3) is 3.70. The lowest BCUT2D eigenvalue weighted by atomic mass is 9.91. The van der Waals surface area contributed by atoms with Crippen LogP contribution in [-0.4, -0.2) is 51.2 Å². The van der Waals surface area contributed by atoms with E-state index in [2.05, 4.69) is 25.1 Å². The zero-order chi connectivity index (χ0) is 19.0. The molecule has 0 atom stereocenters. The van der Waals surface area contributed by atoms with Crippen LogP contribution in [0.3, 0.4) is 0 Å². The second-order valence-corrected chi connectivity index (χ2v) is 8.71. The summed E-state index contributed by atoms with van der Waals surface area (Å²) < 4.78 is 14.9. The normalized spacial score (nSPS) is 18.6. The Morgan fingerprint density at radius 2 is 1.81 bits per heavy atom. The van der Waals surface area contributed by atoms with Crippen molar-refractivity contribution in [2.24, 2.45) is 0 Å². The molecule has 1 N–H and O–H groups in total. The number of halogens is 1. The molecule has 2 aromatic heterocycles. The van der Waals surface area contributed by atoms with Gasteiger partial charge in [-0.1, -0.05) is 20.8 Å². The summed E-state index contributed by atoms with van der Waals surface area (Å²) in [5.74, 6) is 0.159. The molecule has 0 bridgehead atoms. The van der Waals surface area contributed by atoms with Gasteiger partial charge < -0.3 is 4.90 Å². The van der Waals surface area contributed by atoms with E-state index in [0.29, 0.717) is 11.5 Å². The molecule has 0 spiro atoms. The van der Waals surface area contributed by atoms with Gasteiger partial charge in [-0.3, -0.25) is 10.00 Å². The molecule has 27 heavy (non-hydrogen) atoms. The lowest BCUT2D eigenvalue weighted by Crippen LogP contribution is -2.47. The van der Waals surface area contributed by atoms with Crippen molar-refractivity contribution in [2.45, 2.75) is 58.4 Å². The van der Waals surface area contributed by atoms with Gasteiger partial charge in [0.2, 0.25) is 0 Å². The van der Waals surface area contributed by atoms with Gasteiger partial charge in [0.05, 0.1) is 11.4 Å². The lowest BCUT2D eigenvalue weighted by Gasteiger charge is -2.35. The molecule has 2 aromatic rings. The Balaban J connectivity index is 1.42. The van der Waals surface area contributed by atoms with Crippen LogP contribution in [0.15, 0.2) is 6.33 Å². The van der Waals surface area contributed by atoms with Gasteiger partial charge in [0.25, 0.3) is 0 Å². The molecule has 0 amide bonds.